The number of carboxylic acids is 1. The molecule has 324 valence electrons. The van der Waals surface area contributed by atoms with E-state index < -0.39 is 30.6 Å². The highest BCUT2D eigenvalue weighted by Crippen LogP contribution is 2.44. The van der Waals surface area contributed by atoms with Crippen molar-refractivity contribution in [1.82, 2.24) is 10.6 Å². The fourth-order valence-corrected chi connectivity index (χ4v) is 5.88. The van der Waals surface area contributed by atoms with Gasteiger partial charge in [-0.3, -0.25) is 14.4 Å². The summed E-state index contributed by atoms with van der Waals surface area (Å²) < 4.78 is 49.2. The van der Waals surface area contributed by atoms with Crippen LogP contribution in [-0.2, 0) is 57.0 Å². The van der Waals surface area contributed by atoms with E-state index in [1.807, 2.05) is 48.5 Å². The Labute approximate surface area is 340 Å². The largest absolute Gasteiger partial charge is 0.480 e. The van der Waals surface area contributed by atoms with E-state index in [9.17, 15) is 19.2 Å². The molecule has 0 saturated heterocycles. The lowest BCUT2D eigenvalue weighted by molar-refractivity contribution is -0.138. The molecule has 3 rings (SSSR count). The fraction of sp³-hybridized carbons (Fsp3) is 0.610. The molecule has 1 atom stereocenters. The summed E-state index contributed by atoms with van der Waals surface area (Å²) in [6.45, 7) is 6.56. The lowest BCUT2D eigenvalue weighted by Gasteiger charge is -2.19. The van der Waals surface area contributed by atoms with Gasteiger partial charge in [0.05, 0.1) is 99.1 Å². The number of aliphatic carboxylic acids is 1. The zero-order chi connectivity index (χ0) is 41.5. The SMILES string of the molecule is NC(=O)CCOCCOCCOCCOCCOCCOCCOCCOCCCCC[C@H](NC(=O)OCC1c2ccccc2-c2ccccc21)C(=O)NCC(=O)O. The third-order valence-electron chi connectivity index (χ3n) is 8.74. The number of carbonyl (C=O) groups is 4. The van der Waals surface area contributed by atoms with Gasteiger partial charge in [0.25, 0.3) is 0 Å². The summed E-state index contributed by atoms with van der Waals surface area (Å²) >= 11 is 0. The lowest BCUT2D eigenvalue weighted by atomic mass is 9.98. The molecule has 0 radical (unpaired) electrons. The second-order valence-corrected chi connectivity index (χ2v) is 13.1. The zero-order valence-electron chi connectivity index (χ0n) is 33.4. The van der Waals surface area contributed by atoms with E-state index in [4.69, 9.17) is 53.5 Å². The van der Waals surface area contributed by atoms with Gasteiger partial charge in [-0.1, -0.05) is 61.4 Å². The van der Waals surface area contributed by atoms with E-state index in [2.05, 4.69) is 10.6 Å². The molecule has 0 fully saturated rings. The number of hydrogen-bond donors (Lipinski definition) is 4. The number of hydrogen-bond acceptors (Lipinski definition) is 13. The first-order chi connectivity index (χ1) is 28.4. The van der Waals surface area contributed by atoms with Gasteiger partial charge in [0.2, 0.25) is 11.8 Å². The average Bonchev–Trinajstić information content (AvgIpc) is 3.54. The van der Waals surface area contributed by atoms with Gasteiger partial charge in [0, 0.05) is 18.9 Å². The Morgan fingerprint density at radius 2 is 1.02 bits per heavy atom. The molecule has 2 aromatic rings. The molecular weight excluding hydrogens is 758 g/mol. The number of unbranched alkanes of at least 4 members (excludes halogenated alkanes) is 2. The standard InChI is InChI=1S/C41H61N3O14/c42-38(45)13-15-51-17-19-53-21-23-55-25-27-57-29-28-56-26-24-54-22-20-52-18-16-50-14-7-1-2-12-37(40(48)43-30-39(46)47)44-41(49)58-31-36-34-10-5-3-8-32(34)33-9-4-6-11-35(33)36/h3-6,8-11,36-37H,1-2,7,12-31H2,(H2,42,45)(H,43,48)(H,44,49)(H,46,47)/t37-/m0/s1. The first kappa shape index (κ1) is 48.2. The van der Waals surface area contributed by atoms with E-state index in [-0.39, 0.29) is 24.9 Å². The number of rotatable bonds is 36. The van der Waals surface area contributed by atoms with Gasteiger partial charge < -0.3 is 64.1 Å². The molecule has 1 aliphatic carbocycles. The molecule has 2 aromatic carbocycles. The molecule has 0 bridgehead atoms. The highest BCUT2D eigenvalue weighted by Gasteiger charge is 2.30. The molecule has 0 saturated carbocycles. The van der Waals surface area contributed by atoms with Crippen molar-refractivity contribution in [1.29, 1.82) is 0 Å². The Balaban J connectivity index is 1.11. The third kappa shape index (κ3) is 21.0. The summed E-state index contributed by atoms with van der Waals surface area (Å²) in [7, 11) is 0. The fourth-order valence-electron chi connectivity index (χ4n) is 5.88. The number of fused-ring (bicyclic) bond motifs is 3. The summed E-state index contributed by atoms with van der Waals surface area (Å²) in [5.41, 5.74) is 9.39. The Hall–Kier alpha value is -4.20. The molecular formula is C41H61N3O14. The quantitative estimate of drug-likeness (QED) is 0.0727. The van der Waals surface area contributed by atoms with Gasteiger partial charge >= 0.3 is 12.1 Å². The number of alkyl carbamates (subject to hydrolysis) is 1. The molecule has 58 heavy (non-hydrogen) atoms. The van der Waals surface area contributed by atoms with E-state index in [0.29, 0.717) is 119 Å². The minimum atomic E-state index is -1.18. The van der Waals surface area contributed by atoms with Crippen LogP contribution in [-0.4, -0.2) is 154 Å². The van der Waals surface area contributed by atoms with Gasteiger partial charge in [0.1, 0.15) is 19.2 Å². The van der Waals surface area contributed by atoms with Crippen LogP contribution in [0.2, 0.25) is 0 Å². The Morgan fingerprint density at radius 3 is 1.47 bits per heavy atom. The van der Waals surface area contributed by atoms with Crippen molar-refractivity contribution >= 4 is 23.9 Å². The highest BCUT2D eigenvalue weighted by atomic mass is 16.6. The van der Waals surface area contributed by atoms with Crippen LogP contribution >= 0.6 is 0 Å². The molecule has 3 amide bonds. The number of ether oxygens (including phenoxy) is 9. The van der Waals surface area contributed by atoms with E-state index in [0.717, 1.165) is 35.1 Å². The van der Waals surface area contributed by atoms with Crippen LogP contribution < -0.4 is 16.4 Å². The number of amides is 3. The summed E-state index contributed by atoms with van der Waals surface area (Å²) in [6, 6.07) is 15.1. The number of nitrogens with two attached hydrogens (primary N) is 1. The van der Waals surface area contributed by atoms with Crippen molar-refractivity contribution in [3.63, 3.8) is 0 Å². The first-order valence-corrected chi connectivity index (χ1v) is 19.9. The number of primary amides is 1. The van der Waals surface area contributed by atoms with E-state index in [1.165, 1.54) is 0 Å². The molecule has 5 N–H and O–H groups in total. The predicted molar refractivity (Wildman–Crippen MR) is 211 cm³/mol. The molecule has 17 heteroatoms. The Morgan fingerprint density at radius 1 is 0.586 bits per heavy atom. The van der Waals surface area contributed by atoms with Crippen LogP contribution in [0.25, 0.3) is 11.1 Å². The summed E-state index contributed by atoms with van der Waals surface area (Å²) in [6.07, 6.45) is 1.87. The van der Waals surface area contributed by atoms with Crippen LogP contribution in [0, 0.1) is 0 Å². The van der Waals surface area contributed by atoms with E-state index >= 15 is 0 Å². The van der Waals surface area contributed by atoms with E-state index in [1.54, 1.807) is 0 Å². The van der Waals surface area contributed by atoms with Crippen molar-refractivity contribution < 1.29 is 66.9 Å². The van der Waals surface area contributed by atoms with Crippen LogP contribution in [0.4, 0.5) is 4.79 Å². The minimum absolute atomic E-state index is 0.100. The average molecular weight is 820 g/mol. The van der Waals surface area contributed by atoms with Crippen LogP contribution in [0.1, 0.15) is 49.1 Å². The maximum Gasteiger partial charge on any atom is 0.407 e. The van der Waals surface area contributed by atoms with Crippen molar-refractivity contribution in [2.24, 2.45) is 5.73 Å². The normalized spacial score (nSPS) is 12.5. The second kappa shape index (κ2) is 30.8. The minimum Gasteiger partial charge on any atom is -0.480 e. The molecule has 0 spiro atoms. The Kier molecular flexibility index (Phi) is 25.6. The van der Waals surface area contributed by atoms with Crippen molar-refractivity contribution in [2.45, 2.75) is 44.1 Å². The molecule has 1 aliphatic rings. The summed E-state index contributed by atoms with van der Waals surface area (Å²) in [5, 5.41) is 14.0. The first-order valence-electron chi connectivity index (χ1n) is 19.9. The molecule has 0 aliphatic heterocycles. The number of carbonyl (C=O) groups excluding carboxylic acids is 3. The molecule has 0 aromatic heterocycles. The monoisotopic (exact) mass is 819 g/mol. The summed E-state index contributed by atoms with van der Waals surface area (Å²) in [5.74, 6) is -2.27. The smallest absolute Gasteiger partial charge is 0.407 e. The maximum atomic E-state index is 12.9. The van der Waals surface area contributed by atoms with Crippen molar-refractivity contribution in [3.05, 3.63) is 59.7 Å². The van der Waals surface area contributed by atoms with Crippen molar-refractivity contribution in [3.8, 4) is 11.1 Å². The molecule has 17 nitrogen and oxygen atoms in total. The third-order valence-corrected chi connectivity index (χ3v) is 8.74. The van der Waals surface area contributed by atoms with Crippen LogP contribution in [0.3, 0.4) is 0 Å². The Bertz CT molecular complexity index is 1420. The second-order valence-electron chi connectivity index (χ2n) is 13.1. The molecule has 0 heterocycles. The van der Waals surface area contributed by atoms with Gasteiger partial charge in [-0.2, -0.15) is 0 Å². The maximum absolute atomic E-state index is 12.9. The number of benzene rings is 2. The highest BCUT2D eigenvalue weighted by molar-refractivity contribution is 5.88. The lowest BCUT2D eigenvalue weighted by Crippen LogP contribution is -2.48. The van der Waals surface area contributed by atoms with Crippen LogP contribution in [0.15, 0.2) is 48.5 Å². The number of nitrogens with one attached hydrogen (secondary N) is 2. The van der Waals surface area contributed by atoms with Crippen molar-refractivity contribution in [2.75, 3.05) is 119 Å². The topological polar surface area (TPSA) is 222 Å². The zero-order valence-corrected chi connectivity index (χ0v) is 33.4. The number of carboxylic acid groups (broad SMARTS) is 1. The van der Waals surface area contributed by atoms with Gasteiger partial charge in [-0.25, -0.2) is 4.79 Å². The van der Waals surface area contributed by atoms with Gasteiger partial charge in [-0.15, -0.1) is 0 Å². The molecule has 0 unspecified atom stereocenters. The predicted octanol–water partition coefficient (Wildman–Crippen LogP) is 2.66. The van der Waals surface area contributed by atoms with Gasteiger partial charge in [0.15, 0.2) is 0 Å². The van der Waals surface area contributed by atoms with Gasteiger partial charge in [-0.05, 0) is 35.1 Å². The summed E-state index contributed by atoms with van der Waals surface area (Å²) in [4.78, 5) is 47.2. The van der Waals surface area contributed by atoms with Crippen LogP contribution in [0.5, 0.6) is 0 Å².